The summed E-state index contributed by atoms with van der Waals surface area (Å²) >= 11 is 13.0. The molecule has 0 bridgehead atoms. The summed E-state index contributed by atoms with van der Waals surface area (Å²) < 4.78 is 19.0. The van der Waals surface area contributed by atoms with E-state index >= 15 is 0 Å². The summed E-state index contributed by atoms with van der Waals surface area (Å²) in [6.45, 7) is 0.294. The number of carbonyl (C=O) groups excluding carboxylic acids is 2. The molecule has 8 heteroatoms. The van der Waals surface area contributed by atoms with Crippen molar-refractivity contribution in [3.05, 3.63) is 104 Å². The van der Waals surface area contributed by atoms with Crippen molar-refractivity contribution in [3.63, 3.8) is 0 Å². The first-order valence-corrected chi connectivity index (χ1v) is 11.1. The Bertz CT molecular complexity index is 1210. The van der Waals surface area contributed by atoms with E-state index in [1.165, 1.54) is 12.1 Å². The Balaban J connectivity index is 1.51. The fourth-order valence-corrected chi connectivity index (χ4v) is 4.37. The van der Waals surface area contributed by atoms with Gasteiger partial charge in [0.1, 0.15) is 18.2 Å². The molecule has 32 heavy (non-hydrogen) atoms. The van der Waals surface area contributed by atoms with E-state index in [0.29, 0.717) is 26.9 Å². The molecule has 2 amide bonds. The van der Waals surface area contributed by atoms with Crippen LogP contribution in [0.1, 0.15) is 16.7 Å². The number of imide groups is 1. The van der Waals surface area contributed by atoms with Crippen LogP contribution in [0.2, 0.25) is 10.0 Å². The molecule has 0 unspecified atom stereocenters. The average molecular weight is 488 g/mol. The van der Waals surface area contributed by atoms with Gasteiger partial charge in [-0.3, -0.25) is 14.5 Å². The lowest BCUT2D eigenvalue weighted by molar-refractivity contribution is -0.123. The summed E-state index contributed by atoms with van der Waals surface area (Å²) in [7, 11) is 0. The van der Waals surface area contributed by atoms with Crippen molar-refractivity contribution in [3.8, 4) is 5.75 Å². The Kier molecular flexibility index (Phi) is 6.84. The SMILES string of the molecule is O=C1S/C(=C/c2ccccc2OCc2ccc(Cl)cc2Cl)C(=O)N1Cc1ccc(F)cc1. The topological polar surface area (TPSA) is 46.6 Å². The smallest absolute Gasteiger partial charge is 0.293 e. The minimum Gasteiger partial charge on any atom is -0.488 e. The predicted molar refractivity (Wildman–Crippen MR) is 125 cm³/mol. The van der Waals surface area contributed by atoms with Crippen molar-refractivity contribution in [2.24, 2.45) is 0 Å². The quantitative estimate of drug-likeness (QED) is 0.353. The Morgan fingerprint density at radius 3 is 2.50 bits per heavy atom. The fraction of sp³-hybridized carbons (Fsp3) is 0.0833. The minimum atomic E-state index is -0.403. The Labute approximate surface area is 198 Å². The van der Waals surface area contributed by atoms with Gasteiger partial charge in [-0.25, -0.2) is 4.39 Å². The number of hydrogen-bond donors (Lipinski definition) is 0. The van der Waals surface area contributed by atoms with Gasteiger partial charge in [0.2, 0.25) is 0 Å². The monoisotopic (exact) mass is 487 g/mol. The fourth-order valence-electron chi connectivity index (χ4n) is 3.08. The van der Waals surface area contributed by atoms with E-state index in [4.69, 9.17) is 27.9 Å². The highest BCUT2D eigenvalue weighted by Gasteiger charge is 2.35. The van der Waals surface area contributed by atoms with Gasteiger partial charge in [-0.05, 0) is 53.7 Å². The van der Waals surface area contributed by atoms with Crippen molar-refractivity contribution >= 4 is 52.2 Å². The summed E-state index contributed by atoms with van der Waals surface area (Å²) in [6.07, 6.45) is 1.63. The van der Waals surface area contributed by atoms with Crippen LogP contribution in [0.15, 0.2) is 71.6 Å². The molecule has 3 aromatic carbocycles. The zero-order valence-corrected chi connectivity index (χ0v) is 18.9. The summed E-state index contributed by atoms with van der Waals surface area (Å²) in [5, 5.41) is 0.657. The molecule has 162 valence electrons. The maximum atomic E-state index is 13.1. The third kappa shape index (κ3) is 5.15. The number of benzene rings is 3. The van der Waals surface area contributed by atoms with Crippen LogP contribution in [0.5, 0.6) is 5.75 Å². The molecule has 0 N–H and O–H groups in total. The lowest BCUT2D eigenvalue weighted by atomic mass is 10.1. The van der Waals surface area contributed by atoms with E-state index in [0.717, 1.165) is 22.2 Å². The Hall–Kier alpha value is -2.80. The summed E-state index contributed by atoms with van der Waals surface area (Å²) in [5.41, 5.74) is 2.09. The second kappa shape index (κ2) is 9.77. The van der Waals surface area contributed by atoms with E-state index in [9.17, 15) is 14.0 Å². The molecule has 1 saturated heterocycles. The van der Waals surface area contributed by atoms with Crippen molar-refractivity contribution < 1.29 is 18.7 Å². The number of amides is 2. The normalized spacial score (nSPS) is 15.0. The van der Waals surface area contributed by atoms with Crippen LogP contribution in [0.25, 0.3) is 6.08 Å². The van der Waals surface area contributed by atoms with Crippen LogP contribution in [0, 0.1) is 5.82 Å². The largest absolute Gasteiger partial charge is 0.488 e. The molecule has 1 heterocycles. The lowest BCUT2D eigenvalue weighted by Gasteiger charge is -2.12. The molecule has 0 saturated carbocycles. The maximum absolute atomic E-state index is 13.1. The van der Waals surface area contributed by atoms with Gasteiger partial charge in [0, 0.05) is 21.2 Å². The maximum Gasteiger partial charge on any atom is 0.293 e. The van der Waals surface area contributed by atoms with Crippen LogP contribution < -0.4 is 4.74 Å². The van der Waals surface area contributed by atoms with E-state index in [2.05, 4.69) is 0 Å². The molecule has 1 aliphatic heterocycles. The molecular weight excluding hydrogens is 472 g/mol. The van der Waals surface area contributed by atoms with Gasteiger partial charge in [0.15, 0.2) is 0 Å². The third-order valence-corrected chi connectivity index (χ3v) is 6.23. The first-order valence-electron chi connectivity index (χ1n) is 9.56. The van der Waals surface area contributed by atoms with Gasteiger partial charge in [-0.1, -0.05) is 59.6 Å². The lowest BCUT2D eigenvalue weighted by Crippen LogP contribution is -2.27. The van der Waals surface area contributed by atoms with Gasteiger partial charge < -0.3 is 4.74 Å². The molecule has 3 aromatic rings. The average Bonchev–Trinajstić information content (AvgIpc) is 3.03. The molecule has 0 spiro atoms. The zero-order valence-electron chi connectivity index (χ0n) is 16.6. The molecule has 0 atom stereocenters. The molecule has 0 aromatic heterocycles. The summed E-state index contributed by atoms with van der Waals surface area (Å²) in [5.74, 6) is -0.233. The highest BCUT2D eigenvalue weighted by Crippen LogP contribution is 2.35. The molecule has 0 aliphatic carbocycles. The predicted octanol–water partition coefficient (Wildman–Crippen LogP) is 6.95. The second-order valence-electron chi connectivity index (χ2n) is 6.96. The van der Waals surface area contributed by atoms with Crippen LogP contribution in [-0.2, 0) is 17.9 Å². The van der Waals surface area contributed by atoms with Gasteiger partial charge in [-0.2, -0.15) is 0 Å². The molecule has 0 radical (unpaired) electrons. The molecular formula is C24H16Cl2FNO3S. The van der Waals surface area contributed by atoms with Gasteiger partial charge in [0.05, 0.1) is 11.4 Å². The number of carbonyl (C=O) groups is 2. The van der Waals surface area contributed by atoms with Gasteiger partial charge in [-0.15, -0.1) is 0 Å². The standard InChI is InChI=1S/C24H16Cl2FNO3S/c25-18-8-7-17(20(26)12-18)14-31-21-4-2-1-3-16(21)11-22-23(29)28(24(30)32-22)13-15-5-9-19(27)10-6-15/h1-12H,13-14H2/b22-11+. The zero-order chi connectivity index (χ0) is 22.7. The van der Waals surface area contributed by atoms with Crippen LogP contribution in [-0.4, -0.2) is 16.0 Å². The second-order valence-corrected chi connectivity index (χ2v) is 8.79. The van der Waals surface area contributed by atoms with E-state index < -0.39 is 5.91 Å². The first-order chi connectivity index (χ1) is 15.4. The first kappa shape index (κ1) is 22.4. The molecule has 4 rings (SSSR count). The highest BCUT2D eigenvalue weighted by molar-refractivity contribution is 8.18. The number of rotatable bonds is 6. The summed E-state index contributed by atoms with van der Waals surface area (Å²) in [6, 6.07) is 18.1. The number of halogens is 3. The number of para-hydroxylation sites is 1. The molecule has 1 fully saturated rings. The van der Waals surface area contributed by atoms with Gasteiger partial charge in [0.25, 0.3) is 11.1 Å². The van der Waals surface area contributed by atoms with E-state index in [1.807, 2.05) is 12.1 Å². The number of nitrogens with zero attached hydrogens (tertiary/aromatic N) is 1. The van der Waals surface area contributed by atoms with Crippen LogP contribution in [0.3, 0.4) is 0 Å². The number of hydrogen-bond acceptors (Lipinski definition) is 4. The number of ether oxygens (including phenoxy) is 1. The van der Waals surface area contributed by atoms with Crippen molar-refractivity contribution in [2.45, 2.75) is 13.2 Å². The van der Waals surface area contributed by atoms with Crippen LogP contribution in [0.4, 0.5) is 9.18 Å². The molecule has 1 aliphatic rings. The van der Waals surface area contributed by atoms with Crippen LogP contribution >= 0.6 is 35.0 Å². The number of thioether (sulfide) groups is 1. The molecule has 4 nitrogen and oxygen atoms in total. The summed E-state index contributed by atoms with van der Waals surface area (Å²) in [4.78, 5) is 26.7. The highest BCUT2D eigenvalue weighted by atomic mass is 35.5. The van der Waals surface area contributed by atoms with Crippen molar-refractivity contribution in [1.82, 2.24) is 4.90 Å². The van der Waals surface area contributed by atoms with Crippen molar-refractivity contribution in [2.75, 3.05) is 0 Å². The Morgan fingerprint density at radius 2 is 1.75 bits per heavy atom. The van der Waals surface area contributed by atoms with Crippen molar-refractivity contribution in [1.29, 1.82) is 0 Å². The van der Waals surface area contributed by atoms with E-state index in [-0.39, 0.29) is 29.1 Å². The Morgan fingerprint density at radius 1 is 1.00 bits per heavy atom. The minimum absolute atomic E-state index is 0.0789. The van der Waals surface area contributed by atoms with E-state index in [1.54, 1.807) is 48.5 Å². The third-order valence-electron chi connectivity index (χ3n) is 4.73. The van der Waals surface area contributed by atoms with Gasteiger partial charge >= 0.3 is 0 Å².